The first kappa shape index (κ1) is 50.5. The lowest BCUT2D eigenvalue weighted by atomic mass is 9.74. The number of hydrogen-bond acceptors (Lipinski definition) is 0. The highest BCUT2D eigenvalue weighted by Gasteiger charge is 2.30. The first-order valence-corrected chi connectivity index (χ1v) is 31.4. The van der Waals surface area contributed by atoms with Crippen LogP contribution in [0.3, 0.4) is 0 Å². The third-order valence-electron chi connectivity index (χ3n) is 19.7. The highest BCUT2D eigenvalue weighted by atomic mass is 14.3. The standard InChI is InChI=1S/C90H54/c1-4-13-58(14-5-1)85-88(70-31-25-55(26-32-70)73-49-43-67-40-37-61-19-10-22-64-46-52-76(73)82(67)79(61)64)86(59-15-6-2-7-16-59)90(72-35-29-57(30-36-72)75-51-45-69-42-39-63-21-12-24-66-48-54-78(75)84(69)81(63)66)87(60-17-8-3-9-18-60)89(85)71-33-27-56(28-34-71)74-50-44-68-41-38-62-20-11-23-65-47-53-77(74)83(68)80(62)65/h1-54H. The second-order valence-corrected chi connectivity index (χ2v) is 24.5. The summed E-state index contributed by atoms with van der Waals surface area (Å²) in [6.07, 6.45) is 0. The summed E-state index contributed by atoms with van der Waals surface area (Å²) in [5.74, 6) is 0. The molecule has 19 aromatic rings. The van der Waals surface area contributed by atoms with Gasteiger partial charge >= 0.3 is 0 Å². The van der Waals surface area contributed by atoms with E-state index in [1.165, 1.54) is 164 Å². The molecule has 0 spiro atoms. The maximum atomic E-state index is 2.39. The van der Waals surface area contributed by atoms with E-state index in [2.05, 4.69) is 328 Å². The van der Waals surface area contributed by atoms with Gasteiger partial charge in [-0.25, -0.2) is 0 Å². The van der Waals surface area contributed by atoms with Crippen LogP contribution in [0.5, 0.6) is 0 Å². The quantitative estimate of drug-likeness (QED) is 0.126. The zero-order valence-corrected chi connectivity index (χ0v) is 49.2. The number of rotatable bonds is 9. The van der Waals surface area contributed by atoms with E-state index in [1.807, 2.05) is 0 Å². The fraction of sp³-hybridized carbons (Fsp3) is 0. The molecule has 0 radical (unpaired) electrons. The molecule has 0 heteroatoms. The predicted molar refractivity (Wildman–Crippen MR) is 386 cm³/mol. The molecule has 0 N–H and O–H groups in total. The normalized spacial score (nSPS) is 12.0. The minimum atomic E-state index is 1.15. The molecule has 0 aliphatic rings. The van der Waals surface area contributed by atoms with Crippen molar-refractivity contribution in [1.29, 1.82) is 0 Å². The second kappa shape index (κ2) is 19.9. The summed E-state index contributed by atoms with van der Waals surface area (Å²) < 4.78 is 0. The van der Waals surface area contributed by atoms with E-state index < -0.39 is 0 Å². The van der Waals surface area contributed by atoms with E-state index in [0.29, 0.717) is 0 Å². The Balaban J connectivity index is 0.886. The van der Waals surface area contributed by atoms with Crippen LogP contribution in [0.1, 0.15) is 0 Å². The van der Waals surface area contributed by atoms with Crippen molar-refractivity contribution in [2.45, 2.75) is 0 Å². The molecule has 0 unspecified atom stereocenters. The lowest BCUT2D eigenvalue weighted by molar-refractivity contribution is 1.51. The van der Waals surface area contributed by atoms with E-state index in [9.17, 15) is 0 Å². The molecule has 0 aromatic heterocycles. The van der Waals surface area contributed by atoms with Gasteiger partial charge in [-0.15, -0.1) is 0 Å². The average Bonchev–Trinajstić information content (AvgIpc) is 0.805. The van der Waals surface area contributed by atoms with Crippen molar-refractivity contribution < 1.29 is 0 Å². The average molecular weight is 1140 g/mol. The van der Waals surface area contributed by atoms with Gasteiger partial charge in [0.25, 0.3) is 0 Å². The van der Waals surface area contributed by atoms with Gasteiger partial charge in [0.05, 0.1) is 0 Å². The van der Waals surface area contributed by atoms with Gasteiger partial charge in [0.1, 0.15) is 0 Å². The van der Waals surface area contributed by atoms with Gasteiger partial charge < -0.3 is 0 Å². The topological polar surface area (TPSA) is 0 Å². The fourth-order valence-corrected chi connectivity index (χ4v) is 15.7. The monoisotopic (exact) mass is 1130 g/mol. The molecule has 0 atom stereocenters. The van der Waals surface area contributed by atoms with Crippen LogP contribution >= 0.6 is 0 Å². The third-order valence-corrected chi connectivity index (χ3v) is 19.7. The van der Waals surface area contributed by atoms with Crippen molar-refractivity contribution in [3.63, 3.8) is 0 Å². The SMILES string of the molecule is c1ccc(-c2c(-c3ccc(-c4ccc5ccc6cccc7ccc4c5c67)cc3)c(-c3ccccc3)c(-c3ccc(-c4ccc5ccc6cccc7ccc4c5c67)cc3)c(-c3ccccc3)c2-c2ccc(-c3ccc4ccc5cccc6ccc3c4c56)cc2)cc1. The Kier molecular flexibility index (Phi) is 11.2. The van der Waals surface area contributed by atoms with Crippen molar-refractivity contribution in [2.75, 3.05) is 0 Å². The summed E-state index contributed by atoms with van der Waals surface area (Å²) in [6.45, 7) is 0. The molecule has 0 aliphatic heterocycles. The van der Waals surface area contributed by atoms with E-state index in [1.54, 1.807) is 0 Å². The Morgan fingerprint density at radius 3 is 0.544 bits per heavy atom. The zero-order chi connectivity index (χ0) is 59.0. The van der Waals surface area contributed by atoms with Crippen LogP contribution in [0.25, 0.3) is 197 Å². The molecular formula is C90H54. The van der Waals surface area contributed by atoms with Crippen LogP contribution in [0.15, 0.2) is 328 Å². The molecule has 0 saturated carbocycles. The van der Waals surface area contributed by atoms with E-state index in [4.69, 9.17) is 0 Å². The first-order valence-electron chi connectivity index (χ1n) is 31.4. The van der Waals surface area contributed by atoms with Crippen molar-refractivity contribution in [3.8, 4) is 100 Å². The lowest BCUT2D eigenvalue weighted by Crippen LogP contribution is -2.02. The summed E-state index contributed by atoms with van der Waals surface area (Å²) >= 11 is 0. The molecule has 0 heterocycles. The highest BCUT2D eigenvalue weighted by Crippen LogP contribution is 2.57. The van der Waals surface area contributed by atoms with Gasteiger partial charge in [-0.05, 0) is 197 Å². The molecule has 0 amide bonds. The van der Waals surface area contributed by atoms with Gasteiger partial charge in [0.15, 0.2) is 0 Å². The van der Waals surface area contributed by atoms with E-state index in [-0.39, 0.29) is 0 Å². The molecule has 0 nitrogen and oxygen atoms in total. The van der Waals surface area contributed by atoms with Crippen LogP contribution in [-0.2, 0) is 0 Å². The predicted octanol–water partition coefficient (Wildman–Crippen LogP) is 25.4. The Morgan fingerprint density at radius 2 is 0.300 bits per heavy atom. The summed E-state index contributed by atoms with van der Waals surface area (Å²) in [5, 5.41) is 23.2. The van der Waals surface area contributed by atoms with Crippen molar-refractivity contribution in [1.82, 2.24) is 0 Å². The fourth-order valence-electron chi connectivity index (χ4n) is 15.7. The largest absolute Gasteiger partial charge is 0.0622 e. The molecule has 0 aliphatic carbocycles. The highest BCUT2D eigenvalue weighted by molar-refractivity contribution is 6.28. The first-order chi connectivity index (χ1) is 44.6. The minimum absolute atomic E-state index is 1.15. The maximum Gasteiger partial charge on any atom is -0.00139 e. The second-order valence-electron chi connectivity index (χ2n) is 24.5. The summed E-state index contributed by atoms with van der Waals surface area (Å²) in [5.41, 5.74) is 21.3. The van der Waals surface area contributed by atoms with Crippen LogP contribution in [0, 0.1) is 0 Å². The molecule has 90 heavy (non-hydrogen) atoms. The van der Waals surface area contributed by atoms with E-state index >= 15 is 0 Å². The van der Waals surface area contributed by atoms with Crippen molar-refractivity contribution in [2.24, 2.45) is 0 Å². The van der Waals surface area contributed by atoms with Gasteiger partial charge in [-0.3, -0.25) is 0 Å². The smallest absolute Gasteiger partial charge is 0.00139 e. The van der Waals surface area contributed by atoms with Crippen LogP contribution in [-0.4, -0.2) is 0 Å². The molecule has 414 valence electrons. The van der Waals surface area contributed by atoms with E-state index in [0.717, 1.165) is 33.4 Å². The minimum Gasteiger partial charge on any atom is -0.0622 e. The zero-order valence-electron chi connectivity index (χ0n) is 49.2. The molecule has 19 aromatic carbocycles. The third kappa shape index (κ3) is 7.68. The summed E-state index contributed by atoms with van der Waals surface area (Å²) in [7, 11) is 0. The Morgan fingerprint density at radius 1 is 0.111 bits per heavy atom. The molecule has 0 bridgehead atoms. The van der Waals surface area contributed by atoms with Gasteiger partial charge in [0.2, 0.25) is 0 Å². The van der Waals surface area contributed by atoms with Gasteiger partial charge in [0, 0.05) is 0 Å². The molecule has 0 saturated heterocycles. The summed E-state index contributed by atoms with van der Waals surface area (Å²) in [4.78, 5) is 0. The van der Waals surface area contributed by atoms with Gasteiger partial charge in [-0.1, -0.05) is 328 Å². The van der Waals surface area contributed by atoms with Crippen LogP contribution in [0.4, 0.5) is 0 Å². The summed E-state index contributed by atoms with van der Waals surface area (Å²) in [6, 6.07) is 124. The Bertz CT molecular complexity index is 5340. The van der Waals surface area contributed by atoms with Crippen molar-refractivity contribution >= 4 is 97.0 Å². The number of benzene rings is 19. The van der Waals surface area contributed by atoms with Crippen molar-refractivity contribution in [3.05, 3.63) is 328 Å². The number of hydrogen-bond donors (Lipinski definition) is 0. The molecule has 0 fully saturated rings. The van der Waals surface area contributed by atoms with Gasteiger partial charge in [-0.2, -0.15) is 0 Å². The van der Waals surface area contributed by atoms with Crippen LogP contribution < -0.4 is 0 Å². The maximum absolute atomic E-state index is 2.39. The van der Waals surface area contributed by atoms with Crippen LogP contribution in [0.2, 0.25) is 0 Å². The molecule has 19 rings (SSSR count). The lowest BCUT2D eigenvalue weighted by Gasteiger charge is -2.29. The Labute approximate surface area is 521 Å². The molecular weight excluding hydrogens is 1080 g/mol. The Hall–Kier alpha value is -11.7.